The zero-order valence-electron chi connectivity index (χ0n) is 6.44. The van der Waals surface area contributed by atoms with Gasteiger partial charge in [-0.15, -0.1) is 0 Å². The highest BCUT2D eigenvalue weighted by Crippen LogP contribution is 2.09. The van der Waals surface area contributed by atoms with Gasteiger partial charge >= 0.3 is 0 Å². The van der Waals surface area contributed by atoms with Crippen molar-refractivity contribution in [3.63, 3.8) is 0 Å². The lowest BCUT2D eigenvalue weighted by Crippen LogP contribution is -1.95. The summed E-state index contributed by atoms with van der Waals surface area (Å²) in [5.41, 5.74) is 0. The zero-order valence-corrected chi connectivity index (χ0v) is 6.44. The standard InChI is InChI=1S/C6H11N3O2/c1-3(10)5-7-6(4(2)11)9-8-5/h3-4,10-11H,1-2H3,(H,7,8,9)/t3-,4-/m0/s1. The summed E-state index contributed by atoms with van der Waals surface area (Å²) in [5.74, 6) is 0.682. The Balaban J connectivity index is 2.82. The summed E-state index contributed by atoms with van der Waals surface area (Å²) in [5, 5.41) is 24.2. The Labute approximate surface area is 64.1 Å². The molecule has 1 rings (SSSR count). The first-order valence-corrected chi connectivity index (χ1v) is 3.39. The third kappa shape index (κ3) is 1.75. The average Bonchev–Trinajstić information content (AvgIpc) is 2.33. The fraction of sp³-hybridized carbons (Fsp3) is 0.667. The van der Waals surface area contributed by atoms with Gasteiger partial charge in [-0.1, -0.05) is 0 Å². The minimum atomic E-state index is -0.696. The third-order valence-electron chi connectivity index (χ3n) is 1.29. The highest BCUT2D eigenvalue weighted by molar-refractivity contribution is 4.94. The highest BCUT2D eigenvalue weighted by atomic mass is 16.3. The predicted molar refractivity (Wildman–Crippen MR) is 37.7 cm³/mol. The van der Waals surface area contributed by atoms with E-state index in [0.717, 1.165) is 0 Å². The van der Waals surface area contributed by atoms with Crippen LogP contribution in [0.4, 0.5) is 0 Å². The molecule has 0 saturated carbocycles. The fourth-order valence-corrected chi connectivity index (χ4v) is 0.662. The molecule has 0 bridgehead atoms. The normalized spacial score (nSPS) is 16.4. The summed E-state index contributed by atoms with van der Waals surface area (Å²) < 4.78 is 0. The van der Waals surface area contributed by atoms with Crippen molar-refractivity contribution < 1.29 is 10.2 Å². The SMILES string of the molecule is C[C@H](O)c1n[nH]c([C@H](C)O)n1. The van der Waals surface area contributed by atoms with Crippen LogP contribution in [0.5, 0.6) is 0 Å². The van der Waals surface area contributed by atoms with Crippen molar-refractivity contribution in [2.24, 2.45) is 0 Å². The van der Waals surface area contributed by atoms with Gasteiger partial charge in [0.05, 0.1) is 0 Å². The lowest BCUT2D eigenvalue weighted by atomic mass is 10.4. The van der Waals surface area contributed by atoms with E-state index in [-0.39, 0.29) is 0 Å². The van der Waals surface area contributed by atoms with Crippen LogP contribution in [0, 0.1) is 0 Å². The zero-order chi connectivity index (χ0) is 8.43. The third-order valence-corrected chi connectivity index (χ3v) is 1.29. The second kappa shape index (κ2) is 2.98. The molecule has 2 atom stereocenters. The molecule has 3 N–H and O–H groups in total. The van der Waals surface area contributed by atoms with Gasteiger partial charge in [-0.2, -0.15) is 5.10 Å². The van der Waals surface area contributed by atoms with Crippen molar-refractivity contribution in [1.82, 2.24) is 15.2 Å². The lowest BCUT2D eigenvalue weighted by molar-refractivity contribution is 0.183. The van der Waals surface area contributed by atoms with E-state index in [9.17, 15) is 0 Å². The van der Waals surface area contributed by atoms with Gasteiger partial charge in [0, 0.05) is 0 Å². The van der Waals surface area contributed by atoms with E-state index in [0.29, 0.717) is 11.6 Å². The van der Waals surface area contributed by atoms with Gasteiger partial charge in [-0.3, -0.25) is 5.10 Å². The van der Waals surface area contributed by atoms with E-state index in [1.54, 1.807) is 13.8 Å². The van der Waals surface area contributed by atoms with Gasteiger partial charge in [0.1, 0.15) is 12.2 Å². The number of nitrogens with zero attached hydrogens (tertiary/aromatic N) is 2. The Morgan fingerprint density at radius 2 is 1.91 bits per heavy atom. The maximum absolute atomic E-state index is 9.00. The highest BCUT2D eigenvalue weighted by Gasteiger charge is 2.10. The average molecular weight is 157 g/mol. The minimum absolute atomic E-state index is 0.306. The van der Waals surface area contributed by atoms with Crippen molar-refractivity contribution in [2.75, 3.05) is 0 Å². The molecule has 0 unspecified atom stereocenters. The van der Waals surface area contributed by atoms with Crippen molar-refractivity contribution >= 4 is 0 Å². The maximum Gasteiger partial charge on any atom is 0.178 e. The second-order valence-corrected chi connectivity index (χ2v) is 2.43. The molecule has 62 valence electrons. The Morgan fingerprint density at radius 3 is 2.18 bits per heavy atom. The van der Waals surface area contributed by atoms with Crippen molar-refractivity contribution in [3.05, 3.63) is 11.6 Å². The van der Waals surface area contributed by atoms with Crippen LogP contribution >= 0.6 is 0 Å². The van der Waals surface area contributed by atoms with Gasteiger partial charge in [0.25, 0.3) is 0 Å². The summed E-state index contributed by atoms with van der Waals surface area (Å²) in [4.78, 5) is 3.84. The molecule has 1 heterocycles. The Hall–Kier alpha value is -0.940. The maximum atomic E-state index is 9.00. The van der Waals surface area contributed by atoms with Crippen molar-refractivity contribution in [3.8, 4) is 0 Å². The first-order valence-electron chi connectivity index (χ1n) is 3.39. The Kier molecular flexibility index (Phi) is 2.21. The molecule has 0 aliphatic rings. The van der Waals surface area contributed by atoms with Gasteiger partial charge in [-0.05, 0) is 13.8 Å². The second-order valence-electron chi connectivity index (χ2n) is 2.43. The smallest absolute Gasteiger partial charge is 0.178 e. The van der Waals surface area contributed by atoms with Crippen LogP contribution in [0.1, 0.15) is 37.7 Å². The Bertz CT molecular complexity index is 209. The van der Waals surface area contributed by atoms with Gasteiger partial charge in [0.15, 0.2) is 11.6 Å². The topological polar surface area (TPSA) is 82.0 Å². The predicted octanol–water partition coefficient (Wildman–Crippen LogP) is -0.0887. The summed E-state index contributed by atoms with van der Waals surface area (Å²) in [7, 11) is 0. The summed E-state index contributed by atoms with van der Waals surface area (Å²) >= 11 is 0. The van der Waals surface area contributed by atoms with Gasteiger partial charge < -0.3 is 10.2 Å². The van der Waals surface area contributed by atoms with Gasteiger partial charge in [0.2, 0.25) is 0 Å². The van der Waals surface area contributed by atoms with Crippen LogP contribution in [-0.4, -0.2) is 25.4 Å². The number of H-pyrrole nitrogens is 1. The number of rotatable bonds is 2. The summed E-state index contributed by atoms with van der Waals surface area (Å²) in [6.07, 6.45) is -1.37. The first-order chi connectivity index (χ1) is 5.11. The molecule has 1 aromatic heterocycles. The van der Waals surface area contributed by atoms with Crippen LogP contribution < -0.4 is 0 Å². The number of aromatic nitrogens is 3. The van der Waals surface area contributed by atoms with Crippen LogP contribution in [0.2, 0.25) is 0 Å². The molecule has 5 nitrogen and oxygen atoms in total. The summed E-state index contributed by atoms with van der Waals surface area (Å²) in [6.45, 7) is 3.14. The number of aliphatic hydroxyl groups excluding tert-OH is 2. The van der Waals surface area contributed by atoms with Gasteiger partial charge in [-0.25, -0.2) is 4.98 Å². The van der Waals surface area contributed by atoms with E-state index in [1.165, 1.54) is 0 Å². The number of aliphatic hydroxyl groups is 2. The van der Waals surface area contributed by atoms with E-state index < -0.39 is 12.2 Å². The molecular formula is C6H11N3O2. The van der Waals surface area contributed by atoms with E-state index in [1.807, 2.05) is 0 Å². The molecule has 11 heavy (non-hydrogen) atoms. The van der Waals surface area contributed by atoms with Crippen molar-refractivity contribution in [1.29, 1.82) is 0 Å². The number of nitrogens with one attached hydrogen (secondary N) is 1. The van der Waals surface area contributed by atoms with E-state index >= 15 is 0 Å². The van der Waals surface area contributed by atoms with Crippen LogP contribution in [0.3, 0.4) is 0 Å². The molecule has 0 spiro atoms. The number of aromatic amines is 1. The molecule has 0 amide bonds. The quantitative estimate of drug-likeness (QED) is 0.560. The minimum Gasteiger partial charge on any atom is -0.385 e. The van der Waals surface area contributed by atoms with Crippen LogP contribution in [0.25, 0.3) is 0 Å². The summed E-state index contributed by atoms with van der Waals surface area (Å²) in [6, 6.07) is 0. The van der Waals surface area contributed by atoms with Crippen molar-refractivity contribution in [2.45, 2.75) is 26.1 Å². The molecule has 1 aromatic rings. The van der Waals surface area contributed by atoms with Crippen LogP contribution in [-0.2, 0) is 0 Å². The largest absolute Gasteiger partial charge is 0.385 e. The monoisotopic (exact) mass is 157 g/mol. The molecule has 0 aromatic carbocycles. The molecule has 0 fully saturated rings. The molecule has 0 aliphatic heterocycles. The number of hydrogen-bond acceptors (Lipinski definition) is 4. The Morgan fingerprint density at radius 1 is 1.27 bits per heavy atom. The first kappa shape index (κ1) is 8.16. The molecule has 0 saturated heterocycles. The van der Waals surface area contributed by atoms with Crippen LogP contribution in [0.15, 0.2) is 0 Å². The van der Waals surface area contributed by atoms with E-state index in [2.05, 4.69) is 15.2 Å². The molecule has 5 heteroatoms. The fourth-order valence-electron chi connectivity index (χ4n) is 0.662. The lowest BCUT2D eigenvalue weighted by Gasteiger charge is -1.96. The number of hydrogen-bond donors (Lipinski definition) is 3. The van der Waals surface area contributed by atoms with E-state index in [4.69, 9.17) is 10.2 Å². The molecule has 0 aliphatic carbocycles. The molecule has 0 radical (unpaired) electrons. The molecular weight excluding hydrogens is 146 g/mol.